The lowest BCUT2D eigenvalue weighted by Crippen LogP contribution is -2.61. The topological polar surface area (TPSA) is 75.0 Å². The molecule has 2 aromatic carbocycles. The predicted octanol–water partition coefficient (Wildman–Crippen LogP) is 4.34. The van der Waals surface area contributed by atoms with Crippen LogP contribution >= 0.6 is 0 Å². The van der Waals surface area contributed by atoms with Crippen LogP contribution in [0.4, 0.5) is 4.39 Å². The molecular weight excluding hydrogens is 461 g/mol. The molecule has 0 aliphatic carbocycles. The molecule has 186 valence electrons. The Bertz CT molecular complexity index is 1390. The van der Waals surface area contributed by atoms with E-state index < -0.39 is 34.5 Å². The Morgan fingerprint density at radius 2 is 1.86 bits per heavy atom. The molecule has 0 spiro atoms. The average molecular weight is 490 g/mol. The van der Waals surface area contributed by atoms with Crippen LogP contribution in [0.2, 0.25) is 0 Å². The lowest BCUT2D eigenvalue weighted by molar-refractivity contribution is 0.0392. The molecule has 2 aliphatic rings. The standard InChI is InChI=1S/C28H28FN3O4/c1-3-28(2)15-7-8-17-36-26-20(12-9-13-21(26)29)23(19-10-5-4-6-11-19)32-18-30(28)27(35)24-25(34)22(33)14-16-31(24)32/h4-14,16,23,34H,3,15,17-18H2,1-2H3/b8-7+/t23-,28-/m0/s1. The van der Waals surface area contributed by atoms with Crippen molar-refractivity contribution in [3.8, 4) is 11.5 Å². The predicted molar refractivity (Wildman–Crippen MR) is 134 cm³/mol. The summed E-state index contributed by atoms with van der Waals surface area (Å²) in [6, 6.07) is 14.9. The van der Waals surface area contributed by atoms with Crippen molar-refractivity contribution >= 4 is 5.91 Å². The first-order valence-corrected chi connectivity index (χ1v) is 12.0. The molecule has 0 radical (unpaired) electrons. The second kappa shape index (κ2) is 9.18. The second-order valence-electron chi connectivity index (χ2n) is 9.34. The Hall–Kier alpha value is -4.07. The minimum atomic E-state index is -0.637. The molecule has 1 amide bonds. The maximum Gasteiger partial charge on any atom is 0.278 e. The zero-order chi connectivity index (χ0) is 25.4. The lowest BCUT2D eigenvalue weighted by atomic mass is 9.90. The fourth-order valence-corrected chi connectivity index (χ4v) is 4.98. The molecule has 2 bridgehead atoms. The Morgan fingerprint density at radius 3 is 2.61 bits per heavy atom. The summed E-state index contributed by atoms with van der Waals surface area (Å²) < 4.78 is 22.6. The van der Waals surface area contributed by atoms with Crippen LogP contribution in [0.25, 0.3) is 0 Å². The number of carbonyl (C=O) groups is 1. The number of rotatable bonds is 2. The highest BCUT2D eigenvalue weighted by molar-refractivity contribution is 5.96. The quantitative estimate of drug-likeness (QED) is 0.542. The van der Waals surface area contributed by atoms with Gasteiger partial charge in [-0.15, -0.1) is 0 Å². The number of amides is 1. The van der Waals surface area contributed by atoms with Crippen molar-refractivity contribution in [3.05, 3.63) is 106 Å². The molecule has 7 nitrogen and oxygen atoms in total. The van der Waals surface area contributed by atoms with Crippen LogP contribution in [0.5, 0.6) is 11.5 Å². The Labute approximate surface area is 208 Å². The minimum Gasteiger partial charge on any atom is -0.502 e. The molecule has 0 unspecified atom stereocenters. The number of halogens is 1. The van der Waals surface area contributed by atoms with Gasteiger partial charge in [-0.3, -0.25) is 19.3 Å². The molecule has 3 heterocycles. The summed E-state index contributed by atoms with van der Waals surface area (Å²) >= 11 is 0. The molecule has 3 aromatic rings. The number of ether oxygens (including phenoxy) is 1. The van der Waals surface area contributed by atoms with Gasteiger partial charge in [0.1, 0.15) is 19.3 Å². The van der Waals surface area contributed by atoms with E-state index in [9.17, 15) is 14.7 Å². The molecule has 0 saturated carbocycles. The molecule has 2 aliphatic heterocycles. The summed E-state index contributed by atoms with van der Waals surface area (Å²) in [4.78, 5) is 27.9. The average Bonchev–Trinajstić information content (AvgIpc) is 2.88. The highest BCUT2D eigenvalue weighted by atomic mass is 19.1. The third-order valence-corrected chi connectivity index (χ3v) is 7.23. The van der Waals surface area contributed by atoms with Crippen LogP contribution in [0.15, 0.2) is 77.7 Å². The van der Waals surface area contributed by atoms with E-state index >= 15 is 4.39 Å². The monoisotopic (exact) mass is 489 g/mol. The van der Waals surface area contributed by atoms with Crippen molar-refractivity contribution in [1.82, 2.24) is 9.58 Å². The van der Waals surface area contributed by atoms with E-state index in [0.29, 0.717) is 18.4 Å². The highest BCUT2D eigenvalue weighted by Crippen LogP contribution is 2.40. The number of benzene rings is 2. The number of hydrogen-bond donors (Lipinski definition) is 1. The number of carbonyl (C=O) groups excluding carboxylic acids is 1. The summed E-state index contributed by atoms with van der Waals surface area (Å²) in [7, 11) is 0. The lowest BCUT2D eigenvalue weighted by Gasteiger charge is -2.50. The van der Waals surface area contributed by atoms with Gasteiger partial charge in [-0.2, -0.15) is 0 Å². The maximum atomic E-state index is 15.1. The maximum absolute atomic E-state index is 15.1. The van der Waals surface area contributed by atoms with Crippen LogP contribution in [-0.4, -0.2) is 39.4 Å². The Morgan fingerprint density at radius 1 is 1.08 bits per heavy atom. The molecular formula is C28H28FN3O4. The summed E-state index contributed by atoms with van der Waals surface area (Å²) in [6.45, 7) is 4.30. The van der Waals surface area contributed by atoms with Crippen LogP contribution in [0.3, 0.4) is 0 Å². The van der Waals surface area contributed by atoms with Crippen molar-refractivity contribution < 1.29 is 19.0 Å². The Balaban J connectivity index is 1.84. The summed E-state index contributed by atoms with van der Waals surface area (Å²) in [6.07, 6.45) is 6.38. The van der Waals surface area contributed by atoms with Crippen molar-refractivity contribution in [3.63, 3.8) is 0 Å². The molecule has 2 atom stereocenters. The van der Waals surface area contributed by atoms with Crippen LogP contribution in [-0.2, 0) is 0 Å². The SMILES string of the molecule is CC[C@@]1(C)C/C=C/COc2c(F)cccc2[C@H](c2ccccc2)N2CN1C(=O)c1c(O)c(=O)ccn12. The number of fused-ring (bicyclic) bond motifs is 5. The third-order valence-electron chi connectivity index (χ3n) is 7.23. The van der Waals surface area contributed by atoms with E-state index in [2.05, 4.69) is 0 Å². The normalized spacial score (nSPS) is 22.5. The van der Waals surface area contributed by atoms with Gasteiger partial charge in [0.15, 0.2) is 23.0 Å². The van der Waals surface area contributed by atoms with Crippen molar-refractivity contribution in [2.45, 2.75) is 38.3 Å². The molecule has 1 N–H and O–H groups in total. The number of hydrogen-bond acceptors (Lipinski definition) is 5. The summed E-state index contributed by atoms with van der Waals surface area (Å²) in [5.41, 5.74) is 0.0283. The first-order chi connectivity index (χ1) is 17.4. The van der Waals surface area contributed by atoms with E-state index in [-0.39, 0.29) is 24.7 Å². The van der Waals surface area contributed by atoms with Gasteiger partial charge >= 0.3 is 0 Å². The van der Waals surface area contributed by atoms with Gasteiger partial charge < -0.3 is 14.7 Å². The Kier molecular flexibility index (Phi) is 6.04. The summed E-state index contributed by atoms with van der Waals surface area (Å²) in [5.74, 6) is -1.42. The van der Waals surface area contributed by atoms with Gasteiger partial charge in [-0.25, -0.2) is 4.39 Å². The fraction of sp³-hybridized carbons (Fsp3) is 0.286. The van der Waals surface area contributed by atoms with E-state index in [0.717, 1.165) is 5.56 Å². The fourth-order valence-electron chi connectivity index (χ4n) is 4.98. The van der Waals surface area contributed by atoms with Gasteiger partial charge in [0.25, 0.3) is 5.91 Å². The molecule has 0 saturated heterocycles. The zero-order valence-corrected chi connectivity index (χ0v) is 20.2. The highest BCUT2D eigenvalue weighted by Gasteiger charge is 2.43. The van der Waals surface area contributed by atoms with Gasteiger partial charge in [-0.05, 0) is 31.4 Å². The summed E-state index contributed by atoms with van der Waals surface area (Å²) in [5, 5.41) is 12.7. The molecule has 1 aromatic heterocycles. The molecule has 5 rings (SSSR count). The molecule has 8 heteroatoms. The smallest absolute Gasteiger partial charge is 0.278 e. The first kappa shape index (κ1) is 23.7. The first-order valence-electron chi connectivity index (χ1n) is 12.0. The van der Waals surface area contributed by atoms with E-state index in [1.54, 1.807) is 17.0 Å². The van der Waals surface area contributed by atoms with Crippen LogP contribution in [0, 0.1) is 5.82 Å². The number of pyridine rings is 1. The largest absolute Gasteiger partial charge is 0.502 e. The van der Waals surface area contributed by atoms with Gasteiger partial charge in [0.05, 0.1) is 0 Å². The van der Waals surface area contributed by atoms with Crippen LogP contribution < -0.4 is 15.2 Å². The van der Waals surface area contributed by atoms with E-state index in [1.165, 1.54) is 23.0 Å². The number of aromatic hydroxyl groups is 1. The van der Waals surface area contributed by atoms with Crippen molar-refractivity contribution in [2.24, 2.45) is 0 Å². The zero-order valence-electron chi connectivity index (χ0n) is 20.2. The van der Waals surface area contributed by atoms with Gasteiger partial charge in [-0.1, -0.05) is 61.5 Å². The number of nitrogens with zero attached hydrogens (tertiary/aromatic N) is 3. The van der Waals surface area contributed by atoms with Crippen molar-refractivity contribution in [2.75, 3.05) is 18.3 Å². The van der Waals surface area contributed by atoms with Crippen molar-refractivity contribution in [1.29, 1.82) is 0 Å². The van der Waals surface area contributed by atoms with Crippen LogP contribution in [0.1, 0.15) is 54.3 Å². The van der Waals surface area contributed by atoms with E-state index in [4.69, 9.17) is 4.74 Å². The van der Waals surface area contributed by atoms with E-state index in [1.807, 2.05) is 61.3 Å². The van der Waals surface area contributed by atoms with Gasteiger partial charge in [0.2, 0.25) is 5.43 Å². The minimum absolute atomic E-state index is 0.116. The molecule has 36 heavy (non-hydrogen) atoms. The van der Waals surface area contributed by atoms with Gasteiger partial charge in [0, 0.05) is 23.4 Å². The molecule has 0 fully saturated rings. The third kappa shape index (κ3) is 3.82. The number of para-hydroxylation sites is 1. The number of aromatic nitrogens is 1. The second-order valence-corrected chi connectivity index (χ2v) is 9.34.